The lowest BCUT2D eigenvalue weighted by Crippen LogP contribution is -2.27. The normalized spacial score (nSPS) is 19.6. The Kier molecular flexibility index (Phi) is 3.42. The van der Waals surface area contributed by atoms with Crippen LogP contribution < -0.4 is 15.1 Å². The summed E-state index contributed by atoms with van der Waals surface area (Å²) in [5.74, 6) is 0. The molecule has 4 heteroatoms. The Morgan fingerprint density at radius 1 is 1.15 bits per heavy atom. The van der Waals surface area contributed by atoms with E-state index in [0.29, 0.717) is 6.04 Å². The lowest BCUT2D eigenvalue weighted by Gasteiger charge is -2.34. The zero-order valence-electron chi connectivity index (χ0n) is 12.5. The van der Waals surface area contributed by atoms with E-state index in [2.05, 4.69) is 73.7 Å². The summed E-state index contributed by atoms with van der Waals surface area (Å²) >= 11 is 1.90. The Hall–Kier alpha value is -1.55. The Morgan fingerprint density at radius 3 is 2.65 bits per heavy atom. The van der Waals surface area contributed by atoms with Crippen molar-refractivity contribution in [3.05, 3.63) is 35.3 Å². The third kappa shape index (κ3) is 2.18. The molecule has 1 aromatic rings. The second kappa shape index (κ2) is 5.09. The first kappa shape index (κ1) is 13.4. The Labute approximate surface area is 125 Å². The molecule has 3 rings (SSSR count). The van der Waals surface area contributed by atoms with E-state index in [1.54, 1.807) is 0 Å². The number of hydrogen-bond acceptors (Lipinski definition) is 4. The van der Waals surface area contributed by atoms with Gasteiger partial charge in [0.1, 0.15) is 0 Å². The molecule has 3 nitrogen and oxygen atoms in total. The van der Waals surface area contributed by atoms with Crippen molar-refractivity contribution in [3.63, 3.8) is 0 Å². The first-order valence-electron chi connectivity index (χ1n) is 6.90. The van der Waals surface area contributed by atoms with E-state index in [1.807, 2.05) is 11.8 Å². The molecule has 0 radical (unpaired) electrons. The number of rotatable bonds is 2. The maximum absolute atomic E-state index is 3.74. The van der Waals surface area contributed by atoms with E-state index >= 15 is 0 Å². The van der Waals surface area contributed by atoms with Crippen LogP contribution in [0.1, 0.15) is 6.42 Å². The van der Waals surface area contributed by atoms with Gasteiger partial charge in [-0.25, -0.2) is 0 Å². The number of hydrogen-bond donors (Lipinski definition) is 1. The van der Waals surface area contributed by atoms with E-state index in [1.165, 1.54) is 26.9 Å². The second-order valence-corrected chi connectivity index (χ2v) is 6.74. The molecule has 0 saturated heterocycles. The van der Waals surface area contributed by atoms with Crippen LogP contribution in [-0.4, -0.2) is 34.2 Å². The predicted octanol–water partition coefficient (Wildman–Crippen LogP) is 3.55. The lowest BCUT2D eigenvalue weighted by molar-refractivity contribution is 0.855. The van der Waals surface area contributed by atoms with Crippen molar-refractivity contribution >= 4 is 28.8 Å². The summed E-state index contributed by atoms with van der Waals surface area (Å²) < 4.78 is 0. The highest BCUT2D eigenvalue weighted by Crippen LogP contribution is 2.49. The number of benzene rings is 1. The molecule has 1 N–H and O–H groups in total. The van der Waals surface area contributed by atoms with Crippen LogP contribution in [0.25, 0.3) is 0 Å². The van der Waals surface area contributed by atoms with Crippen LogP contribution in [0.5, 0.6) is 0 Å². The van der Waals surface area contributed by atoms with Gasteiger partial charge in [0, 0.05) is 38.0 Å². The average Bonchev–Trinajstić information content (AvgIpc) is 2.43. The van der Waals surface area contributed by atoms with Gasteiger partial charge >= 0.3 is 0 Å². The summed E-state index contributed by atoms with van der Waals surface area (Å²) in [4.78, 5) is 7.11. The maximum Gasteiger partial charge on any atom is 0.0846 e. The highest BCUT2D eigenvalue weighted by Gasteiger charge is 2.27. The zero-order chi connectivity index (χ0) is 14.3. The highest BCUT2D eigenvalue weighted by atomic mass is 32.2. The zero-order valence-corrected chi connectivity index (χ0v) is 13.3. The Morgan fingerprint density at radius 2 is 1.95 bits per heavy atom. The van der Waals surface area contributed by atoms with Gasteiger partial charge in [0.15, 0.2) is 0 Å². The van der Waals surface area contributed by atoms with Crippen LogP contribution in [0.15, 0.2) is 40.2 Å². The molecular formula is C16H21N3S. The van der Waals surface area contributed by atoms with E-state index in [4.69, 9.17) is 0 Å². The molecule has 0 saturated carbocycles. The van der Waals surface area contributed by atoms with Crippen LogP contribution in [-0.2, 0) is 0 Å². The summed E-state index contributed by atoms with van der Waals surface area (Å²) in [6.07, 6.45) is 7.69. The molecule has 1 unspecified atom stereocenters. The van der Waals surface area contributed by atoms with Gasteiger partial charge in [-0.2, -0.15) is 0 Å². The van der Waals surface area contributed by atoms with Gasteiger partial charge in [-0.3, -0.25) is 0 Å². The molecule has 0 spiro atoms. The standard InChI is InChI=1S/C16H21N3S/c1-18(2)12-9-10-14-15(16(12)19(3)4)17-11-7-5-6-8-13(11)20-14/h5-6,8-11,17H,7H2,1-4H3. The van der Waals surface area contributed by atoms with Crippen molar-refractivity contribution in [3.8, 4) is 0 Å². The Balaban J connectivity index is 2.11. The third-order valence-corrected chi connectivity index (χ3v) is 4.92. The first-order valence-corrected chi connectivity index (χ1v) is 7.72. The van der Waals surface area contributed by atoms with Crippen molar-refractivity contribution in [1.29, 1.82) is 0 Å². The van der Waals surface area contributed by atoms with Crippen LogP contribution in [0.3, 0.4) is 0 Å². The van der Waals surface area contributed by atoms with Crippen molar-refractivity contribution in [2.24, 2.45) is 0 Å². The van der Waals surface area contributed by atoms with Crippen LogP contribution in [0, 0.1) is 0 Å². The van der Waals surface area contributed by atoms with Gasteiger partial charge in [-0.05, 0) is 18.6 Å². The third-order valence-electron chi connectivity index (χ3n) is 3.71. The summed E-state index contributed by atoms with van der Waals surface area (Å²) in [5, 5.41) is 3.74. The van der Waals surface area contributed by atoms with Gasteiger partial charge in [-0.15, -0.1) is 0 Å². The van der Waals surface area contributed by atoms with E-state index in [0.717, 1.165) is 6.42 Å². The minimum atomic E-state index is 0.425. The highest BCUT2D eigenvalue weighted by molar-refractivity contribution is 8.03. The first-order chi connectivity index (χ1) is 9.58. The van der Waals surface area contributed by atoms with Gasteiger partial charge in [0.2, 0.25) is 0 Å². The number of allylic oxidation sites excluding steroid dienone is 2. The Bertz CT molecular complexity index is 588. The molecule has 1 aliphatic heterocycles. The van der Waals surface area contributed by atoms with Gasteiger partial charge in [-0.1, -0.05) is 30.0 Å². The fraction of sp³-hybridized carbons (Fsp3) is 0.375. The number of nitrogens with one attached hydrogen (secondary N) is 1. The molecule has 0 aromatic heterocycles. The maximum atomic E-state index is 3.74. The van der Waals surface area contributed by atoms with Crippen LogP contribution in [0.4, 0.5) is 17.1 Å². The number of nitrogens with zero attached hydrogens (tertiary/aromatic N) is 2. The molecule has 0 fully saturated rings. The SMILES string of the molecule is CN(C)c1ccc2c(c1N(C)C)NC1CC=CC=C1S2. The summed E-state index contributed by atoms with van der Waals surface area (Å²) in [6, 6.07) is 4.86. The molecule has 1 heterocycles. The minimum Gasteiger partial charge on any atom is -0.376 e. The van der Waals surface area contributed by atoms with E-state index in [-0.39, 0.29) is 0 Å². The van der Waals surface area contributed by atoms with Gasteiger partial charge < -0.3 is 15.1 Å². The van der Waals surface area contributed by atoms with Crippen molar-refractivity contribution < 1.29 is 0 Å². The number of thioether (sulfide) groups is 1. The smallest absolute Gasteiger partial charge is 0.0846 e. The fourth-order valence-electron chi connectivity index (χ4n) is 2.75. The molecule has 106 valence electrons. The van der Waals surface area contributed by atoms with Gasteiger partial charge in [0.25, 0.3) is 0 Å². The molecule has 0 amide bonds. The number of fused-ring (bicyclic) bond motifs is 2. The molecule has 20 heavy (non-hydrogen) atoms. The fourth-order valence-corrected chi connectivity index (χ4v) is 3.84. The van der Waals surface area contributed by atoms with Crippen LogP contribution >= 0.6 is 11.8 Å². The molecule has 0 bridgehead atoms. The van der Waals surface area contributed by atoms with E-state index in [9.17, 15) is 0 Å². The number of anilines is 3. The topological polar surface area (TPSA) is 18.5 Å². The van der Waals surface area contributed by atoms with Crippen molar-refractivity contribution in [2.45, 2.75) is 17.4 Å². The van der Waals surface area contributed by atoms with Gasteiger partial charge in [0.05, 0.1) is 23.1 Å². The van der Waals surface area contributed by atoms with E-state index < -0.39 is 0 Å². The molecule has 1 atom stereocenters. The second-order valence-electron chi connectivity index (χ2n) is 5.63. The molecule has 1 aliphatic carbocycles. The summed E-state index contributed by atoms with van der Waals surface area (Å²) in [7, 11) is 8.42. The van der Waals surface area contributed by atoms with Crippen LogP contribution in [0.2, 0.25) is 0 Å². The van der Waals surface area contributed by atoms with Crippen molar-refractivity contribution in [1.82, 2.24) is 0 Å². The minimum absolute atomic E-state index is 0.425. The lowest BCUT2D eigenvalue weighted by atomic mass is 10.1. The largest absolute Gasteiger partial charge is 0.376 e. The molecule has 2 aliphatic rings. The predicted molar refractivity (Wildman–Crippen MR) is 90.2 cm³/mol. The van der Waals surface area contributed by atoms with Crippen molar-refractivity contribution in [2.75, 3.05) is 43.3 Å². The summed E-state index contributed by atoms with van der Waals surface area (Å²) in [6.45, 7) is 0. The molecule has 1 aromatic carbocycles. The summed E-state index contributed by atoms with van der Waals surface area (Å²) in [5.41, 5.74) is 3.79. The monoisotopic (exact) mass is 287 g/mol. The quantitative estimate of drug-likeness (QED) is 0.896. The average molecular weight is 287 g/mol. The molecular weight excluding hydrogens is 266 g/mol.